The third-order valence-corrected chi connectivity index (χ3v) is 3.48. The van der Waals surface area contributed by atoms with Crippen molar-refractivity contribution in [2.45, 2.75) is 53.0 Å². The number of carbonyl (C=O) groups is 1. The molecule has 0 spiro atoms. The molecule has 1 rings (SSSR count). The molecule has 0 bridgehead atoms. The summed E-state index contributed by atoms with van der Waals surface area (Å²) in [5.41, 5.74) is 1.65. The van der Waals surface area contributed by atoms with E-state index in [2.05, 4.69) is 31.4 Å². The first-order valence-corrected chi connectivity index (χ1v) is 7.66. The van der Waals surface area contributed by atoms with Crippen LogP contribution in [0.4, 0.5) is 11.4 Å². The highest BCUT2D eigenvalue weighted by molar-refractivity contribution is 6.33. The zero-order valence-electron chi connectivity index (χ0n) is 12.8. The zero-order chi connectivity index (χ0) is 15.1. The number of amides is 1. The predicted octanol–water partition coefficient (Wildman–Crippen LogP) is 4.93. The molecule has 1 unspecified atom stereocenters. The van der Waals surface area contributed by atoms with Gasteiger partial charge in [0.25, 0.3) is 0 Å². The maximum Gasteiger partial charge on any atom is 0.224 e. The molecule has 0 fully saturated rings. The fraction of sp³-hybridized carbons (Fsp3) is 0.562. The van der Waals surface area contributed by atoms with E-state index < -0.39 is 0 Å². The van der Waals surface area contributed by atoms with Crippen LogP contribution in [0.3, 0.4) is 0 Å². The number of benzene rings is 1. The van der Waals surface area contributed by atoms with Crippen LogP contribution in [0.5, 0.6) is 0 Å². The molecule has 1 aromatic rings. The molecule has 0 aromatic heterocycles. The predicted molar refractivity (Wildman–Crippen MR) is 87.5 cm³/mol. The first-order valence-electron chi connectivity index (χ1n) is 7.28. The van der Waals surface area contributed by atoms with Crippen LogP contribution in [0.25, 0.3) is 0 Å². The van der Waals surface area contributed by atoms with Gasteiger partial charge in [0.05, 0.1) is 10.7 Å². The Morgan fingerprint density at radius 2 is 1.95 bits per heavy atom. The lowest BCUT2D eigenvalue weighted by Crippen LogP contribution is -2.16. The van der Waals surface area contributed by atoms with Gasteiger partial charge < -0.3 is 10.6 Å². The van der Waals surface area contributed by atoms with Crippen molar-refractivity contribution in [2.24, 2.45) is 5.92 Å². The molecule has 0 aliphatic heterocycles. The van der Waals surface area contributed by atoms with Crippen LogP contribution in [0.1, 0.15) is 47.0 Å². The molecule has 1 amide bonds. The topological polar surface area (TPSA) is 41.1 Å². The van der Waals surface area contributed by atoms with Gasteiger partial charge in [-0.2, -0.15) is 0 Å². The summed E-state index contributed by atoms with van der Waals surface area (Å²) in [6.07, 6.45) is 2.74. The van der Waals surface area contributed by atoms with E-state index in [9.17, 15) is 4.79 Å². The number of rotatable bonds is 7. The third-order valence-electron chi connectivity index (χ3n) is 3.15. The summed E-state index contributed by atoms with van der Waals surface area (Å²) in [6, 6.07) is 5.87. The Hall–Kier alpha value is -1.22. The Balaban J connectivity index is 2.68. The van der Waals surface area contributed by atoms with Crippen LogP contribution >= 0.6 is 11.6 Å². The van der Waals surface area contributed by atoms with E-state index in [0.717, 1.165) is 17.8 Å². The van der Waals surface area contributed by atoms with Crippen molar-refractivity contribution in [3.05, 3.63) is 23.2 Å². The normalized spacial score (nSPS) is 12.3. The van der Waals surface area contributed by atoms with Gasteiger partial charge in [-0.1, -0.05) is 32.4 Å². The number of nitrogens with one attached hydrogen (secondary N) is 2. The summed E-state index contributed by atoms with van der Waals surface area (Å²) in [4.78, 5) is 11.4. The summed E-state index contributed by atoms with van der Waals surface area (Å²) in [5, 5.41) is 6.94. The maximum atomic E-state index is 11.4. The molecular weight excluding hydrogens is 272 g/mol. The highest BCUT2D eigenvalue weighted by Gasteiger charge is 2.08. The average Bonchev–Trinajstić information content (AvgIpc) is 2.40. The van der Waals surface area contributed by atoms with Crippen molar-refractivity contribution in [3.63, 3.8) is 0 Å². The lowest BCUT2D eigenvalue weighted by molar-refractivity contribution is -0.115. The highest BCUT2D eigenvalue weighted by atomic mass is 35.5. The van der Waals surface area contributed by atoms with E-state index in [1.165, 1.54) is 6.42 Å². The molecule has 112 valence electrons. The Labute approximate surface area is 127 Å². The van der Waals surface area contributed by atoms with E-state index in [1.54, 1.807) is 0 Å². The van der Waals surface area contributed by atoms with Crippen molar-refractivity contribution in [3.8, 4) is 0 Å². The van der Waals surface area contributed by atoms with Crippen LogP contribution in [0, 0.1) is 5.92 Å². The first-order chi connectivity index (χ1) is 9.42. The Bertz CT molecular complexity index is 446. The lowest BCUT2D eigenvalue weighted by Gasteiger charge is -2.18. The highest BCUT2D eigenvalue weighted by Crippen LogP contribution is 2.27. The van der Waals surface area contributed by atoms with Gasteiger partial charge >= 0.3 is 0 Å². The summed E-state index contributed by atoms with van der Waals surface area (Å²) in [7, 11) is 0. The monoisotopic (exact) mass is 296 g/mol. The van der Waals surface area contributed by atoms with Crippen molar-refractivity contribution >= 4 is 28.9 Å². The van der Waals surface area contributed by atoms with E-state index >= 15 is 0 Å². The summed E-state index contributed by atoms with van der Waals surface area (Å²) < 4.78 is 0. The quantitative estimate of drug-likeness (QED) is 0.749. The lowest BCUT2D eigenvalue weighted by atomic mass is 10.0. The molecule has 0 saturated heterocycles. The number of hydrogen-bond acceptors (Lipinski definition) is 2. The molecule has 0 heterocycles. The van der Waals surface area contributed by atoms with Gasteiger partial charge in [0.15, 0.2) is 0 Å². The summed E-state index contributed by atoms with van der Waals surface area (Å²) >= 11 is 6.20. The van der Waals surface area contributed by atoms with E-state index in [-0.39, 0.29) is 5.91 Å². The Morgan fingerprint density at radius 1 is 1.25 bits per heavy atom. The fourth-order valence-corrected chi connectivity index (χ4v) is 2.06. The van der Waals surface area contributed by atoms with Crippen LogP contribution in [0.2, 0.25) is 5.02 Å². The van der Waals surface area contributed by atoms with Crippen molar-refractivity contribution in [1.29, 1.82) is 0 Å². The van der Waals surface area contributed by atoms with Crippen LogP contribution in [-0.4, -0.2) is 11.9 Å². The van der Waals surface area contributed by atoms with Gasteiger partial charge in [-0.15, -0.1) is 0 Å². The number of anilines is 2. The van der Waals surface area contributed by atoms with Crippen LogP contribution in [0.15, 0.2) is 18.2 Å². The largest absolute Gasteiger partial charge is 0.381 e. The minimum Gasteiger partial charge on any atom is -0.381 e. The van der Waals surface area contributed by atoms with Gasteiger partial charge in [0.1, 0.15) is 0 Å². The van der Waals surface area contributed by atoms with Gasteiger partial charge in [-0.3, -0.25) is 4.79 Å². The molecule has 0 saturated carbocycles. The minimum atomic E-state index is 0.00567. The molecule has 2 N–H and O–H groups in total. The van der Waals surface area contributed by atoms with Crippen molar-refractivity contribution < 1.29 is 4.79 Å². The van der Waals surface area contributed by atoms with Crippen molar-refractivity contribution in [1.82, 2.24) is 0 Å². The van der Waals surface area contributed by atoms with Gasteiger partial charge in [-0.25, -0.2) is 0 Å². The maximum absolute atomic E-state index is 11.4. The number of hydrogen-bond donors (Lipinski definition) is 2. The van der Waals surface area contributed by atoms with Crippen LogP contribution in [-0.2, 0) is 4.79 Å². The van der Waals surface area contributed by atoms with Crippen LogP contribution < -0.4 is 10.6 Å². The molecule has 0 radical (unpaired) electrons. The second-order valence-electron chi connectivity index (χ2n) is 5.61. The summed E-state index contributed by atoms with van der Waals surface area (Å²) in [6.45, 7) is 8.43. The molecule has 4 heteroatoms. The number of halogens is 1. The number of carbonyl (C=O) groups excluding carboxylic acids is 1. The van der Waals surface area contributed by atoms with Crippen molar-refractivity contribution in [2.75, 3.05) is 10.6 Å². The summed E-state index contributed by atoms with van der Waals surface area (Å²) in [5.74, 6) is 0.705. The van der Waals surface area contributed by atoms with E-state index in [0.29, 0.717) is 23.4 Å². The first kappa shape index (κ1) is 16.8. The molecular formula is C16H25ClN2O. The smallest absolute Gasteiger partial charge is 0.224 e. The second kappa shape index (κ2) is 8.15. The fourth-order valence-electron chi connectivity index (χ4n) is 1.88. The molecule has 0 aliphatic carbocycles. The van der Waals surface area contributed by atoms with Gasteiger partial charge in [0.2, 0.25) is 5.91 Å². The molecule has 3 nitrogen and oxygen atoms in total. The van der Waals surface area contributed by atoms with E-state index in [1.807, 2.05) is 25.1 Å². The zero-order valence-corrected chi connectivity index (χ0v) is 13.6. The van der Waals surface area contributed by atoms with Gasteiger partial charge in [0, 0.05) is 18.2 Å². The minimum absolute atomic E-state index is 0.00567. The van der Waals surface area contributed by atoms with E-state index in [4.69, 9.17) is 11.6 Å². The average molecular weight is 297 g/mol. The Morgan fingerprint density at radius 3 is 2.55 bits per heavy atom. The molecule has 1 aromatic carbocycles. The van der Waals surface area contributed by atoms with Gasteiger partial charge in [-0.05, 0) is 43.9 Å². The third kappa shape index (κ3) is 5.83. The molecule has 1 atom stereocenters. The standard InChI is InChI=1S/C16H25ClN2O/c1-5-16(20)19-13-8-9-14(17)15(10-13)18-12(4)7-6-11(2)3/h8-12,18H,5-7H2,1-4H3,(H,19,20). The Kier molecular flexibility index (Phi) is 6.86. The SMILES string of the molecule is CCC(=O)Nc1ccc(Cl)c(NC(C)CCC(C)C)c1. The molecule has 20 heavy (non-hydrogen) atoms. The molecule has 0 aliphatic rings. The second-order valence-corrected chi connectivity index (χ2v) is 6.02.